The lowest BCUT2D eigenvalue weighted by Crippen LogP contribution is -2.35. The molecule has 32 heavy (non-hydrogen) atoms. The maximum Gasteiger partial charge on any atom is 0.573 e. The average molecular weight is 483 g/mol. The van der Waals surface area contributed by atoms with E-state index < -0.39 is 16.4 Å². The van der Waals surface area contributed by atoms with Gasteiger partial charge in [-0.3, -0.25) is 9.52 Å². The number of rotatable bonds is 5. The standard InChI is InChI=1S/C21H17F3N2O4S2/c22-21(23,24)30-17-9-10-18-15(13-17)3-1-11-26(18)20(27)14-5-7-16(8-6-14)25-32(28,29)19-4-2-12-31-19/h2,4-10,12-13,25H,1,3,11H2. The van der Waals surface area contributed by atoms with Gasteiger partial charge in [0.1, 0.15) is 9.96 Å². The van der Waals surface area contributed by atoms with Gasteiger partial charge in [0.15, 0.2) is 0 Å². The van der Waals surface area contributed by atoms with Gasteiger partial charge in [0, 0.05) is 23.5 Å². The van der Waals surface area contributed by atoms with Gasteiger partial charge >= 0.3 is 6.36 Å². The van der Waals surface area contributed by atoms with E-state index in [1.54, 1.807) is 11.4 Å². The fourth-order valence-electron chi connectivity index (χ4n) is 3.44. The number of anilines is 2. The lowest BCUT2D eigenvalue weighted by molar-refractivity contribution is -0.274. The summed E-state index contributed by atoms with van der Waals surface area (Å²) in [6.07, 6.45) is -3.67. The van der Waals surface area contributed by atoms with E-state index in [0.717, 1.165) is 11.3 Å². The largest absolute Gasteiger partial charge is 0.573 e. The van der Waals surface area contributed by atoms with Crippen molar-refractivity contribution in [3.05, 3.63) is 71.1 Å². The number of carbonyl (C=O) groups excluding carboxylic acids is 1. The van der Waals surface area contributed by atoms with Gasteiger partial charge in [-0.2, -0.15) is 0 Å². The molecule has 6 nitrogen and oxygen atoms in total. The minimum atomic E-state index is -4.79. The summed E-state index contributed by atoms with van der Waals surface area (Å²) in [6, 6.07) is 13.0. The number of carbonyl (C=O) groups is 1. The highest BCUT2D eigenvalue weighted by molar-refractivity contribution is 7.94. The van der Waals surface area contributed by atoms with Crippen LogP contribution < -0.4 is 14.4 Å². The van der Waals surface area contributed by atoms with E-state index in [9.17, 15) is 26.4 Å². The van der Waals surface area contributed by atoms with Gasteiger partial charge in [0.25, 0.3) is 15.9 Å². The van der Waals surface area contributed by atoms with Crippen LogP contribution in [-0.2, 0) is 16.4 Å². The van der Waals surface area contributed by atoms with Crippen LogP contribution in [-0.4, -0.2) is 27.2 Å². The minimum Gasteiger partial charge on any atom is -0.406 e. The molecule has 0 bridgehead atoms. The Balaban J connectivity index is 1.52. The van der Waals surface area contributed by atoms with E-state index in [4.69, 9.17) is 0 Å². The fourth-order valence-corrected chi connectivity index (χ4v) is 5.49. The molecule has 1 N–H and O–H groups in total. The first-order valence-electron chi connectivity index (χ1n) is 9.49. The second kappa shape index (κ2) is 8.47. The second-order valence-corrected chi connectivity index (χ2v) is 9.87. The number of hydrogen-bond donors (Lipinski definition) is 1. The summed E-state index contributed by atoms with van der Waals surface area (Å²) in [6.45, 7) is 0.415. The molecule has 2 heterocycles. The number of amides is 1. The van der Waals surface area contributed by atoms with Gasteiger partial charge in [-0.05, 0) is 72.3 Å². The molecule has 1 amide bonds. The number of hydrogen-bond acceptors (Lipinski definition) is 5. The Bertz CT molecular complexity index is 1220. The zero-order chi connectivity index (χ0) is 22.9. The van der Waals surface area contributed by atoms with E-state index in [1.165, 1.54) is 53.4 Å². The highest BCUT2D eigenvalue weighted by atomic mass is 32.2. The van der Waals surface area contributed by atoms with Gasteiger partial charge in [0.2, 0.25) is 0 Å². The molecule has 2 aromatic carbocycles. The number of nitrogens with one attached hydrogen (secondary N) is 1. The highest BCUT2D eigenvalue weighted by Gasteiger charge is 2.32. The van der Waals surface area contributed by atoms with Crippen LogP contribution in [0.4, 0.5) is 24.5 Å². The topological polar surface area (TPSA) is 75.7 Å². The van der Waals surface area contributed by atoms with Crippen LogP contribution in [0, 0.1) is 0 Å². The first kappa shape index (κ1) is 22.2. The Morgan fingerprint density at radius 2 is 1.84 bits per heavy atom. The summed E-state index contributed by atoms with van der Waals surface area (Å²) >= 11 is 1.09. The molecule has 0 spiro atoms. The van der Waals surface area contributed by atoms with E-state index in [2.05, 4.69) is 9.46 Å². The molecule has 3 aromatic rings. The van der Waals surface area contributed by atoms with Gasteiger partial charge in [-0.15, -0.1) is 24.5 Å². The minimum absolute atomic E-state index is 0.177. The average Bonchev–Trinajstić information content (AvgIpc) is 3.28. The number of halogens is 3. The normalized spacial score (nSPS) is 14.0. The van der Waals surface area contributed by atoms with Crippen molar-refractivity contribution >= 4 is 38.6 Å². The molecule has 0 atom stereocenters. The van der Waals surface area contributed by atoms with E-state index in [1.807, 2.05) is 0 Å². The molecule has 1 aliphatic rings. The predicted octanol–water partition coefficient (Wildman–Crippen LogP) is 5.04. The van der Waals surface area contributed by atoms with Crippen molar-refractivity contribution in [3.8, 4) is 5.75 Å². The number of aryl methyl sites for hydroxylation is 1. The summed E-state index contributed by atoms with van der Waals surface area (Å²) in [4.78, 5) is 14.5. The Labute approximate surface area is 186 Å². The Kier molecular flexibility index (Phi) is 5.87. The zero-order valence-electron chi connectivity index (χ0n) is 16.4. The first-order valence-corrected chi connectivity index (χ1v) is 11.9. The Hall–Kier alpha value is -3.05. The summed E-state index contributed by atoms with van der Waals surface area (Å²) in [5.41, 5.74) is 1.75. The molecular formula is C21H17F3N2O4S2. The maximum absolute atomic E-state index is 13.0. The Morgan fingerprint density at radius 1 is 1.09 bits per heavy atom. The summed E-state index contributed by atoms with van der Waals surface area (Å²) in [5, 5.41) is 1.66. The number of thiophene rings is 1. The van der Waals surface area contributed by atoms with E-state index in [-0.39, 0.29) is 15.9 Å². The Morgan fingerprint density at radius 3 is 2.50 bits per heavy atom. The second-order valence-electron chi connectivity index (χ2n) is 7.01. The molecular weight excluding hydrogens is 465 g/mol. The van der Waals surface area contributed by atoms with Crippen LogP contribution in [0.15, 0.2) is 64.2 Å². The van der Waals surface area contributed by atoms with Crippen LogP contribution in [0.5, 0.6) is 5.75 Å². The molecule has 4 rings (SSSR count). The third kappa shape index (κ3) is 4.89. The van der Waals surface area contributed by atoms with Crippen molar-refractivity contribution < 1.29 is 31.1 Å². The van der Waals surface area contributed by atoms with Gasteiger partial charge in [-0.1, -0.05) is 6.07 Å². The molecule has 0 unspecified atom stereocenters. The highest BCUT2D eigenvalue weighted by Crippen LogP contribution is 2.33. The van der Waals surface area contributed by atoms with Crippen molar-refractivity contribution in [1.82, 2.24) is 0 Å². The molecule has 0 aliphatic carbocycles. The summed E-state index contributed by atoms with van der Waals surface area (Å²) in [7, 11) is -3.70. The predicted molar refractivity (Wildman–Crippen MR) is 115 cm³/mol. The van der Waals surface area contributed by atoms with Crippen molar-refractivity contribution in [2.45, 2.75) is 23.4 Å². The van der Waals surface area contributed by atoms with Crippen molar-refractivity contribution in [3.63, 3.8) is 0 Å². The maximum atomic E-state index is 13.0. The third-order valence-electron chi connectivity index (χ3n) is 4.79. The van der Waals surface area contributed by atoms with Gasteiger partial charge in [0.05, 0.1) is 0 Å². The number of benzene rings is 2. The number of sulfonamides is 1. The monoisotopic (exact) mass is 482 g/mol. The van der Waals surface area contributed by atoms with Crippen LogP contribution >= 0.6 is 11.3 Å². The SMILES string of the molecule is O=C(c1ccc(NS(=O)(=O)c2cccs2)cc1)N1CCCc2cc(OC(F)(F)F)ccc21. The summed E-state index contributed by atoms with van der Waals surface area (Å²) in [5.74, 6) is -0.656. The zero-order valence-corrected chi connectivity index (χ0v) is 18.1. The molecule has 0 saturated heterocycles. The van der Waals surface area contributed by atoms with Crippen molar-refractivity contribution in [1.29, 1.82) is 0 Å². The summed E-state index contributed by atoms with van der Waals surface area (Å²) < 4.78 is 68.7. The number of alkyl halides is 3. The van der Waals surface area contributed by atoms with Gasteiger partial charge in [-0.25, -0.2) is 8.42 Å². The molecule has 168 valence electrons. The smallest absolute Gasteiger partial charge is 0.406 e. The molecule has 0 saturated carbocycles. The quantitative estimate of drug-likeness (QED) is 0.553. The molecule has 11 heteroatoms. The first-order chi connectivity index (χ1) is 15.1. The number of nitrogens with zero attached hydrogens (tertiary/aromatic N) is 1. The van der Waals surface area contributed by atoms with Crippen LogP contribution in [0.1, 0.15) is 22.3 Å². The molecule has 0 radical (unpaired) electrons. The van der Waals surface area contributed by atoms with Crippen molar-refractivity contribution in [2.24, 2.45) is 0 Å². The van der Waals surface area contributed by atoms with E-state index >= 15 is 0 Å². The lowest BCUT2D eigenvalue weighted by atomic mass is 10.0. The van der Waals surface area contributed by atoms with Gasteiger partial charge < -0.3 is 9.64 Å². The lowest BCUT2D eigenvalue weighted by Gasteiger charge is -2.30. The molecule has 1 aromatic heterocycles. The number of fused-ring (bicyclic) bond motifs is 1. The van der Waals surface area contributed by atoms with Crippen LogP contribution in [0.3, 0.4) is 0 Å². The van der Waals surface area contributed by atoms with E-state index in [0.29, 0.717) is 41.9 Å². The van der Waals surface area contributed by atoms with Crippen LogP contribution in [0.2, 0.25) is 0 Å². The molecule has 0 fully saturated rings. The van der Waals surface area contributed by atoms with Crippen molar-refractivity contribution in [2.75, 3.05) is 16.2 Å². The molecule has 1 aliphatic heterocycles. The number of ether oxygens (including phenoxy) is 1. The third-order valence-corrected chi connectivity index (χ3v) is 7.57. The fraction of sp³-hybridized carbons (Fsp3) is 0.190. The van der Waals surface area contributed by atoms with Crippen LogP contribution in [0.25, 0.3) is 0 Å².